The second-order valence-electron chi connectivity index (χ2n) is 10.0. The number of benzene rings is 3. The first-order valence-corrected chi connectivity index (χ1v) is 12.4. The highest BCUT2D eigenvalue weighted by atomic mass is 32.2. The highest BCUT2D eigenvalue weighted by Gasteiger charge is 2.41. The molecule has 1 aliphatic heterocycles. The van der Waals surface area contributed by atoms with Gasteiger partial charge in [0.25, 0.3) is 6.33 Å². The molecule has 2 fully saturated rings. The van der Waals surface area contributed by atoms with Crippen LogP contribution >= 0.6 is 11.8 Å². The fraction of sp³-hybridized carbons (Fsp3) is 0.357. The van der Waals surface area contributed by atoms with Crippen LogP contribution < -0.4 is 4.57 Å². The van der Waals surface area contributed by atoms with Crippen molar-refractivity contribution in [2.24, 2.45) is 18.9 Å². The largest absolute Gasteiger partial charge is 0.287 e. The van der Waals surface area contributed by atoms with E-state index in [2.05, 4.69) is 61.9 Å². The summed E-state index contributed by atoms with van der Waals surface area (Å²) in [7, 11) is 2.15. The average Bonchev–Trinajstić information content (AvgIpc) is 3.43. The van der Waals surface area contributed by atoms with Crippen LogP contribution in [0, 0.1) is 25.7 Å². The lowest BCUT2D eigenvalue weighted by Gasteiger charge is -2.26. The molecule has 3 aromatic carbocycles. The first-order chi connectivity index (χ1) is 15.1. The zero-order chi connectivity index (χ0) is 20.9. The maximum Gasteiger partial charge on any atom is 0.287 e. The van der Waals surface area contributed by atoms with E-state index in [0.29, 0.717) is 0 Å². The molecule has 0 N–H and O–H groups in total. The summed E-state index contributed by atoms with van der Waals surface area (Å²) in [6, 6.07) is 13.8. The Bertz CT molecular complexity index is 1420. The minimum Gasteiger partial charge on any atom is -0.232 e. The molecule has 4 aromatic rings. The van der Waals surface area contributed by atoms with Crippen molar-refractivity contribution in [2.75, 3.05) is 0 Å². The third kappa shape index (κ3) is 2.41. The predicted molar refractivity (Wildman–Crippen MR) is 128 cm³/mol. The summed E-state index contributed by atoms with van der Waals surface area (Å²) in [6.45, 7) is 4.60. The maximum absolute atomic E-state index is 4.92. The third-order valence-corrected chi connectivity index (χ3v) is 9.61. The van der Waals surface area contributed by atoms with E-state index in [0.717, 1.165) is 17.8 Å². The van der Waals surface area contributed by atoms with E-state index >= 15 is 0 Å². The van der Waals surface area contributed by atoms with Gasteiger partial charge in [0.05, 0.1) is 12.4 Å². The molecule has 3 heteroatoms. The lowest BCUT2D eigenvalue weighted by Crippen LogP contribution is -2.33. The molecule has 0 amide bonds. The summed E-state index contributed by atoms with van der Waals surface area (Å²) in [5, 5.41) is 4.09. The number of aryl methyl sites for hydroxylation is 3. The topological polar surface area (TPSA) is 16.8 Å². The molecule has 3 aliphatic rings. The van der Waals surface area contributed by atoms with Gasteiger partial charge >= 0.3 is 0 Å². The number of aromatic nitrogens is 2. The van der Waals surface area contributed by atoms with Crippen molar-refractivity contribution in [3.63, 3.8) is 0 Å². The van der Waals surface area contributed by atoms with E-state index in [-0.39, 0.29) is 0 Å². The predicted octanol–water partition coefficient (Wildman–Crippen LogP) is 6.86. The van der Waals surface area contributed by atoms with Gasteiger partial charge in [0, 0.05) is 15.4 Å². The van der Waals surface area contributed by atoms with Gasteiger partial charge in [-0.1, -0.05) is 42.4 Å². The van der Waals surface area contributed by atoms with Gasteiger partial charge in [-0.15, -0.1) is 0 Å². The molecule has 7 rings (SSSR count). The molecule has 0 radical (unpaired) electrons. The van der Waals surface area contributed by atoms with E-state index in [1.54, 1.807) is 0 Å². The molecule has 2 saturated carbocycles. The van der Waals surface area contributed by atoms with Crippen LogP contribution in [0.1, 0.15) is 48.3 Å². The lowest BCUT2D eigenvalue weighted by molar-refractivity contribution is -0.662. The minimum absolute atomic E-state index is 0.736. The molecule has 3 unspecified atom stereocenters. The Balaban J connectivity index is 1.53. The fourth-order valence-corrected chi connectivity index (χ4v) is 8.20. The Morgan fingerprint density at radius 2 is 1.81 bits per heavy atom. The van der Waals surface area contributed by atoms with Crippen LogP contribution in [0.2, 0.25) is 0 Å². The zero-order valence-electron chi connectivity index (χ0n) is 18.4. The van der Waals surface area contributed by atoms with Crippen molar-refractivity contribution in [3.05, 3.63) is 59.4 Å². The van der Waals surface area contributed by atoms with Gasteiger partial charge in [0.1, 0.15) is 5.69 Å². The molecule has 2 bridgehead atoms. The number of rotatable bonds is 1. The summed E-state index contributed by atoms with van der Waals surface area (Å²) >= 11 is 1.98. The Morgan fingerprint density at radius 1 is 1.00 bits per heavy atom. The smallest absolute Gasteiger partial charge is 0.232 e. The summed E-state index contributed by atoms with van der Waals surface area (Å²) in [5.41, 5.74) is 8.23. The third-order valence-electron chi connectivity index (χ3n) is 8.36. The van der Waals surface area contributed by atoms with Crippen LogP contribution in [-0.2, 0) is 7.05 Å². The quantitative estimate of drug-likeness (QED) is 0.274. The summed E-state index contributed by atoms with van der Waals surface area (Å²) in [5.74, 6) is 2.59. The van der Waals surface area contributed by atoms with Crippen LogP contribution in [-0.4, -0.2) is 4.98 Å². The van der Waals surface area contributed by atoms with Crippen molar-refractivity contribution in [3.8, 4) is 11.3 Å². The number of nitrogens with zero attached hydrogens (tertiary/aromatic N) is 2. The van der Waals surface area contributed by atoms with E-state index in [9.17, 15) is 0 Å². The Hall–Kier alpha value is -2.39. The standard InChI is InChI=1S/C28H27N2S/c1-15-20-6-4-5-7-21(20)16(2)28-25(15)27-26-23(29-14-30(27)3)12-19(13-24(26)31-28)22-11-17-8-9-18(22)10-17/h4-7,12-14,17-18,22H,8-11H2,1-3H3/q+1. The molecule has 2 heterocycles. The number of hydrogen-bond acceptors (Lipinski definition) is 2. The highest BCUT2D eigenvalue weighted by Crippen LogP contribution is 2.55. The van der Waals surface area contributed by atoms with E-state index in [1.165, 1.54) is 85.1 Å². The van der Waals surface area contributed by atoms with Crippen molar-refractivity contribution in [1.82, 2.24) is 4.98 Å². The molecule has 3 atom stereocenters. The molecule has 2 nitrogen and oxygen atoms in total. The van der Waals surface area contributed by atoms with Crippen molar-refractivity contribution in [2.45, 2.75) is 55.2 Å². The van der Waals surface area contributed by atoms with Gasteiger partial charge in [-0.2, -0.15) is 0 Å². The molecular weight excluding hydrogens is 396 g/mol. The molecular formula is C28H27N2S+. The van der Waals surface area contributed by atoms with E-state index < -0.39 is 0 Å². The molecule has 1 aromatic heterocycles. The van der Waals surface area contributed by atoms with Crippen LogP contribution in [0.15, 0.2) is 52.5 Å². The van der Waals surface area contributed by atoms with Gasteiger partial charge in [-0.3, -0.25) is 0 Å². The Morgan fingerprint density at radius 3 is 2.55 bits per heavy atom. The summed E-state index contributed by atoms with van der Waals surface area (Å²) < 4.78 is 2.24. The Kier molecular flexibility index (Phi) is 3.71. The van der Waals surface area contributed by atoms with Crippen LogP contribution in [0.4, 0.5) is 0 Å². The molecule has 0 spiro atoms. The first-order valence-electron chi connectivity index (χ1n) is 11.6. The summed E-state index contributed by atoms with van der Waals surface area (Å²) in [6.07, 6.45) is 7.72. The fourth-order valence-electron chi connectivity index (χ4n) is 6.87. The average molecular weight is 424 g/mol. The van der Waals surface area contributed by atoms with Gasteiger partial charge < -0.3 is 0 Å². The molecule has 154 valence electrons. The zero-order valence-corrected chi connectivity index (χ0v) is 19.2. The van der Waals surface area contributed by atoms with Gasteiger partial charge in [0.15, 0.2) is 5.52 Å². The number of fused-ring (bicyclic) bond motifs is 5. The number of hydrogen-bond donors (Lipinski definition) is 0. The Labute approximate surface area is 187 Å². The monoisotopic (exact) mass is 423 g/mol. The van der Waals surface area contributed by atoms with Crippen molar-refractivity contribution in [1.29, 1.82) is 0 Å². The second kappa shape index (κ2) is 6.32. The summed E-state index contributed by atoms with van der Waals surface area (Å²) in [4.78, 5) is 7.74. The van der Waals surface area contributed by atoms with Gasteiger partial charge in [0.2, 0.25) is 0 Å². The van der Waals surface area contributed by atoms with Crippen molar-refractivity contribution >= 4 is 33.4 Å². The van der Waals surface area contributed by atoms with Crippen LogP contribution in [0.25, 0.3) is 32.9 Å². The minimum atomic E-state index is 0.736. The van der Waals surface area contributed by atoms with Crippen LogP contribution in [0.5, 0.6) is 0 Å². The van der Waals surface area contributed by atoms with Gasteiger partial charge in [-0.25, -0.2) is 4.57 Å². The van der Waals surface area contributed by atoms with Gasteiger partial charge in [-0.05, 0) is 95.4 Å². The van der Waals surface area contributed by atoms with Crippen molar-refractivity contribution < 1.29 is 4.57 Å². The molecule has 0 saturated heterocycles. The maximum atomic E-state index is 4.92. The first kappa shape index (κ1) is 18.2. The molecule has 31 heavy (non-hydrogen) atoms. The van der Waals surface area contributed by atoms with Crippen LogP contribution in [0.3, 0.4) is 0 Å². The van der Waals surface area contributed by atoms with E-state index in [4.69, 9.17) is 4.98 Å². The lowest BCUT2D eigenvalue weighted by atomic mass is 9.83. The molecule has 2 aliphatic carbocycles. The second-order valence-corrected chi connectivity index (χ2v) is 11.1. The highest BCUT2D eigenvalue weighted by molar-refractivity contribution is 7.99. The SMILES string of the molecule is Cc1c2c(c(C)c3ccccc13)-c1c3c(cc(C4CC5CCC4C5)cc3nc[n+]1C)S2. The normalized spacial score (nSPS) is 23.6. The van der Waals surface area contributed by atoms with E-state index in [1.807, 2.05) is 18.1 Å².